The van der Waals surface area contributed by atoms with Gasteiger partial charge in [0, 0.05) is 4.47 Å². The number of halogens is 1. The molecule has 1 aromatic carbocycles. The van der Waals surface area contributed by atoms with Gasteiger partial charge in [-0.15, -0.1) is 0 Å². The minimum atomic E-state index is 0.921. The van der Waals surface area contributed by atoms with Crippen LogP contribution in [0.1, 0.15) is 12.0 Å². The van der Waals surface area contributed by atoms with Crippen LogP contribution in [0.4, 0.5) is 0 Å². The van der Waals surface area contributed by atoms with E-state index in [1.807, 2.05) is 6.07 Å². The lowest BCUT2D eigenvalue weighted by atomic mass is 10.1. The molecule has 2 nitrogen and oxygen atoms in total. The van der Waals surface area contributed by atoms with E-state index in [4.69, 9.17) is 4.74 Å². The number of hydrogen-bond acceptors (Lipinski definition) is 2. The lowest BCUT2D eigenvalue weighted by molar-refractivity contribution is 0.399. The van der Waals surface area contributed by atoms with Gasteiger partial charge in [-0.3, -0.25) is 0 Å². The van der Waals surface area contributed by atoms with E-state index >= 15 is 0 Å². The third kappa shape index (κ3) is 4.67. The first-order valence-electron chi connectivity index (χ1n) is 5.10. The Balaban J connectivity index is 2.56. The van der Waals surface area contributed by atoms with E-state index in [2.05, 4.69) is 47.1 Å². The van der Waals surface area contributed by atoms with Gasteiger partial charge in [0.2, 0.25) is 0 Å². The molecular formula is C12H18BrNO. The number of methoxy groups -OCH3 is 1. The third-order valence-corrected chi connectivity index (χ3v) is 2.70. The molecular weight excluding hydrogens is 254 g/mol. The van der Waals surface area contributed by atoms with Crippen LogP contribution < -0.4 is 4.74 Å². The van der Waals surface area contributed by atoms with Crippen LogP contribution in [0, 0.1) is 0 Å². The Bertz CT molecular complexity index is 312. The fourth-order valence-electron chi connectivity index (χ4n) is 1.48. The zero-order valence-electron chi connectivity index (χ0n) is 9.59. The van der Waals surface area contributed by atoms with Crippen molar-refractivity contribution < 1.29 is 4.74 Å². The molecule has 1 aromatic rings. The standard InChI is InChI=1S/C12H18BrNO/c1-14(2)6-4-5-10-7-11(13)9-12(8-10)15-3/h7-9H,4-6H2,1-3H3. The van der Waals surface area contributed by atoms with Gasteiger partial charge < -0.3 is 9.64 Å². The Kier molecular flexibility index (Phi) is 5.12. The van der Waals surface area contributed by atoms with Crippen molar-refractivity contribution >= 4 is 15.9 Å². The third-order valence-electron chi connectivity index (χ3n) is 2.24. The molecule has 0 unspecified atom stereocenters. The second-order valence-electron chi connectivity index (χ2n) is 3.91. The molecule has 0 fully saturated rings. The van der Waals surface area contributed by atoms with Crippen LogP contribution >= 0.6 is 15.9 Å². The molecule has 0 saturated heterocycles. The highest BCUT2D eigenvalue weighted by Crippen LogP contribution is 2.21. The zero-order chi connectivity index (χ0) is 11.3. The summed E-state index contributed by atoms with van der Waals surface area (Å²) in [6.07, 6.45) is 2.26. The highest BCUT2D eigenvalue weighted by atomic mass is 79.9. The van der Waals surface area contributed by atoms with E-state index < -0.39 is 0 Å². The van der Waals surface area contributed by atoms with Gasteiger partial charge in [0.05, 0.1) is 7.11 Å². The molecule has 0 bridgehead atoms. The van der Waals surface area contributed by atoms with Gasteiger partial charge in [-0.2, -0.15) is 0 Å². The van der Waals surface area contributed by atoms with Gasteiger partial charge in [-0.25, -0.2) is 0 Å². The highest BCUT2D eigenvalue weighted by Gasteiger charge is 2.00. The average Bonchev–Trinajstić information content (AvgIpc) is 2.16. The first-order valence-corrected chi connectivity index (χ1v) is 5.89. The van der Waals surface area contributed by atoms with Crippen LogP contribution in [0.15, 0.2) is 22.7 Å². The molecule has 0 atom stereocenters. The first kappa shape index (κ1) is 12.5. The summed E-state index contributed by atoms with van der Waals surface area (Å²) in [7, 11) is 5.90. The largest absolute Gasteiger partial charge is 0.497 e. The maximum Gasteiger partial charge on any atom is 0.120 e. The van der Waals surface area contributed by atoms with Crippen LogP contribution in [0.2, 0.25) is 0 Å². The van der Waals surface area contributed by atoms with Crippen molar-refractivity contribution in [3.8, 4) is 5.75 Å². The van der Waals surface area contributed by atoms with E-state index in [0.717, 1.165) is 23.2 Å². The van der Waals surface area contributed by atoms with Gasteiger partial charge in [-0.05, 0) is 57.2 Å². The first-order chi connectivity index (χ1) is 7.11. The molecule has 3 heteroatoms. The summed E-state index contributed by atoms with van der Waals surface area (Å²) in [5, 5.41) is 0. The van der Waals surface area contributed by atoms with E-state index in [1.165, 1.54) is 12.0 Å². The molecule has 0 aromatic heterocycles. The van der Waals surface area contributed by atoms with Gasteiger partial charge >= 0.3 is 0 Å². The molecule has 0 saturated carbocycles. The average molecular weight is 272 g/mol. The zero-order valence-corrected chi connectivity index (χ0v) is 11.2. The monoisotopic (exact) mass is 271 g/mol. The lowest BCUT2D eigenvalue weighted by Gasteiger charge is -2.10. The quantitative estimate of drug-likeness (QED) is 0.817. The Morgan fingerprint density at radius 3 is 2.60 bits per heavy atom. The van der Waals surface area contributed by atoms with Crippen molar-refractivity contribution in [2.75, 3.05) is 27.7 Å². The summed E-state index contributed by atoms with van der Waals surface area (Å²) in [6.45, 7) is 1.12. The molecule has 0 heterocycles. The van der Waals surface area contributed by atoms with E-state index in [9.17, 15) is 0 Å². The summed E-state index contributed by atoms with van der Waals surface area (Å²) in [4.78, 5) is 2.20. The maximum atomic E-state index is 5.22. The lowest BCUT2D eigenvalue weighted by Crippen LogP contribution is -2.13. The van der Waals surface area contributed by atoms with Crippen molar-refractivity contribution in [2.24, 2.45) is 0 Å². The van der Waals surface area contributed by atoms with Crippen LogP contribution in [0.3, 0.4) is 0 Å². The second-order valence-corrected chi connectivity index (χ2v) is 4.82. The molecule has 1 rings (SSSR count). The van der Waals surface area contributed by atoms with Gasteiger partial charge in [0.1, 0.15) is 5.75 Å². The Hall–Kier alpha value is -0.540. The van der Waals surface area contributed by atoms with Crippen LogP contribution in [-0.2, 0) is 6.42 Å². The maximum absolute atomic E-state index is 5.22. The molecule has 0 spiro atoms. The molecule has 84 valence electrons. The molecule has 0 radical (unpaired) electrons. The van der Waals surface area contributed by atoms with Crippen LogP contribution in [-0.4, -0.2) is 32.6 Å². The van der Waals surface area contributed by atoms with Gasteiger partial charge in [-0.1, -0.05) is 15.9 Å². The van der Waals surface area contributed by atoms with Crippen molar-refractivity contribution in [1.82, 2.24) is 4.90 Å². The van der Waals surface area contributed by atoms with Gasteiger partial charge in [0.15, 0.2) is 0 Å². The fraction of sp³-hybridized carbons (Fsp3) is 0.500. The normalized spacial score (nSPS) is 10.7. The number of hydrogen-bond donors (Lipinski definition) is 0. The molecule has 0 aliphatic heterocycles. The predicted octanol–water partition coefficient (Wildman–Crippen LogP) is 2.95. The fourth-order valence-corrected chi connectivity index (χ4v) is 2.00. The molecule has 0 N–H and O–H groups in total. The topological polar surface area (TPSA) is 12.5 Å². The highest BCUT2D eigenvalue weighted by molar-refractivity contribution is 9.10. The van der Waals surface area contributed by atoms with Crippen molar-refractivity contribution in [1.29, 1.82) is 0 Å². The molecule has 0 amide bonds. The SMILES string of the molecule is COc1cc(Br)cc(CCCN(C)C)c1. The summed E-state index contributed by atoms with van der Waals surface area (Å²) < 4.78 is 6.31. The van der Waals surface area contributed by atoms with Crippen molar-refractivity contribution in [3.63, 3.8) is 0 Å². The van der Waals surface area contributed by atoms with Gasteiger partial charge in [0.25, 0.3) is 0 Å². The van der Waals surface area contributed by atoms with E-state index in [0.29, 0.717) is 0 Å². The Morgan fingerprint density at radius 1 is 1.27 bits per heavy atom. The van der Waals surface area contributed by atoms with E-state index in [1.54, 1.807) is 7.11 Å². The second kappa shape index (κ2) is 6.13. The summed E-state index contributed by atoms with van der Waals surface area (Å²) in [5.74, 6) is 0.921. The molecule has 15 heavy (non-hydrogen) atoms. The Morgan fingerprint density at radius 2 is 2.00 bits per heavy atom. The predicted molar refractivity (Wildman–Crippen MR) is 67.6 cm³/mol. The Labute approximate surface area is 100 Å². The number of benzene rings is 1. The minimum absolute atomic E-state index is 0.921. The molecule has 0 aliphatic rings. The number of ether oxygens (including phenoxy) is 1. The summed E-state index contributed by atoms with van der Waals surface area (Å²) in [5.41, 5.74) is 1.32. The molecule has 0 aliphatic carbocycles. The number of nitrogens with zero attached hydrogens (tertiary/aromatic N) is 1. The van der Waals surface area contributed by atoms with Crippen molar-refractivity contribution in [2.45, 2.75) is 12.8 Å². The summed E-state index contributed by atoms with van der Waals surface area (Å²) >= 11 is 3.48. The van der Waals surface area contributed by atoms with Crippen molar-refractivity contribution in [3.05, 3.63) is 28.2 Å². The number of aryl methyl sites for hydroxylation is 1. The summed E-state index contributed by atoms with van der Waals surface area (Å²) in [6, 6.07) is 6.23. The number of rotatable bonds is 5. The minimum Gasteiger partial charge on any atom is -0.497 e. The van der Waals surface area contributed by atoms with Crippen LogP contribution in [0.25, 0.3) is 0 Å². The van der Waals surface area contributed by atoms with E-state index in [-0.39, 0.29) is 0 Å². The van der Waals surface area contributed by atoms with Crippen LogP contribution in [0.5, 0.6) is 5.75 Å². The smallest absolute Gasteiger partial charge is 0.120 e.